The minimum Gasteiger partial charge on any atom is -0.351 e. The van der Waals surface area contributed by atoms with Crippen LogP contribution in [0.15, 0.2) is 11.4 Å². The van der Waals surface area contributed by atoms with Gasteiger partial charge in [-0.1, -0.05) is 12.8 Å². The normalized spacial score (nSPS) is 19.9. The van der Waals surface area contributed by atoms with Crippen LogP contribution in [0.3, 0.4) is 0 Å². The average Bonchev–Trinajstić information content (AvgIpc) is 3.12. The van der Waals surface area contributed by atoms with Crippen LogP contribution >= 0.6 is 11.3 Å². The van der Waals surface area contributed by atoms with E-state index < -0.39 is 5.41 Å². The van der Waals surface area contributed by atoms with Crippen LogP contribution in [0.4, 0.5) is 0 Å². The summed E-state index contributed by atoms with van der Waals surface area (Å²) in [5, 5.41) is 5.14. The van der Waals surface area contributed by atoms with Crippen LogP contribution in [0.2, 0.25) is 0 Å². The van der Waals surface area contributed by atoms with Crippen LogP contribution in [0.25, 0.3) is 0 Å². The van der Waals surface area contributed by atoms with Crippen LogP contribution in [-0.2, 0) is 22.6 Å². The van der Waals surface area contributed by atoms with Crippen molar-refractivity contribution < 1.29 is 9.59 Å². The zero-order valence-corrected chi connectivity index (χ0v) is 15.8. The molecule has 0 bridgehead atoms. The standard InChI is InChI=1S/C19H28N2O2S/c1-18(2,3)20-16(22)12-19(8-4-5-9-19)17(23)21-10-6-15-14(13-21)7-11-24-15/h7,11H,4-6,8-10,12-13H2,1-3H3,(H,20,22). The van der Waals surface area contributed by atoms with E-state index in [9.17, 15) is 9.59 Å². The van der Waals surface area contributed by atoms with Gasteiger partial charge in [-0.3, -0.25) is 9.59 Å². The number of nitrogens with one attached hydrogen (secondary N) is 1. The lowest BCUT2D eigenvalue weighted by Crippen LogP contribution is -2.48. The molecule has 0 saturated heterocycles. The Kier molecular flexibility index (Phi) is 4.73. The van der Waals surface area contributed by atoms with Crippen LogP contribution in [0.1, 0.15) is 63.3 Å². The molecule has 3 rings (SSSR count). The molecule has 0 aromatic carbocycles. The Morgan fingerprint density at radius 2 is 2.00 bits per heavy atom. The molecule has 132 valence electrons. The van der Waals surface area contributed by atoms with Gasteiger partial charge in [0.25, 0.3) is 0 Å². The summed E-state index contributed by atoms with van der Waals surface area (Å²) in [4.78, 5) is 29.2. The molecule has 2 amide bonds. The van der Waals surface area contributed by atoms with Gasteiger partial charge in [0, 0.05) is 29.9 Å². The van der Waals surface area contributed by atoms with Crippen molar-refractivity contribution >= 4 is 23.2 Å². The molecule has 0 spiro atoms. The van der Waals surface area contributed by atoms with Gasteiger partial charge in [0.2, 0.25) is 11.8 Å². The fourth-order valence-corrected chi connectivity index (χ4v) is 4.93. The number of hydrogen-bond acceptors (Lipinski definition) is 3. The molecule has 0 unspecified atom stereocenters. The number of thiophene rings is 1. The summed E-state index contributed by atoms with van der Waals surface area (Å²) in [6.45, 7) is 7.44. The van der Waals surface area contributed by atoms with Crippen molar-refractivity contribution in [3.05, 3.63) is 21.9 Å². The zero-order chi connectivity index (χ0) is 17.4. The van der Waals surface area contributed by atoms with Gasteiger partial charge in [-0.05, 0) is 57.0 Å². The summed E-state index contributed by atoms with van der Waals surface area (Å²) in [7, 11) is 0. The summed E-state index contributed by atoms with van der Waals surface area (Å²) in [5.74, 6) is 0.201. The third-order valence-corrected chi connectivity index (χ3v) is 6.15. The smallest absolute Gasteiger partial charge is 0.229 e. The molecule has 2 aliphatic rings. The second kappa shape index (κ2) is 6.51. The van der Waals surface area contributed by atoms with E-state index in [0.717, 1.165) is 38.6 Å². The summed E-state index contributed by atoms with van der Waals surface area (Å²) >= 11 is 1.79. The van der Waals surface area contributed by atoms with Crippen LogP contribution in [-0.4, -0.2) is 28.8 Å². The average molecular weight is 349 g/mol. The van der Waals surface area contributed by atoms with E-state index in [4.69, 9.17) is 0 Å². The van der Waals surface area contributed by atoms with Crippen molar-refractivity contribution in [3.8, 4) is 0 Å². The van der Waals surface area contributed by atoms with Gasteiger partial charge in [-0.15, -0.1) is 11.3 Å². The Bertz CT molecular complexity index is 624. The molecule has 1 aliphatic carbocycles. The number of fused-ring (bicyclic) bond motifs is 1. The monoisotopic (exact) mass is 348 g/mol. The molecule has 1 aliphatic heterocycles. The van der Waals surface area contributed by atoms with Gasteiger partial charge in [-0.2, -0.15) is 0 Å². The van der Waals surface area contributed by atoms with E-state index in [-0.39, 0.29) is 17.4 Å². The lowest BCUT2D eigenvalue weighted by molar-refractivity contribution is -0.146. The maximum atomic E-state index is 13.3. The molecular formula is C19H28N2O2S. The predicted molar refractivity (Wildman–Crippen MR) is 96.9 cm³/mol. The van der Waals surface area contributed by atoms with Crippen LogP contribution in [0, 0.1) is 5.41 Å². The lowest BCUT2D eigenvalue weighted by atomic mass is 9.80. The van der Waals surface area contributed by atoms with Gasteiger partial charge in [0.05, 0.1) is 5.41 Å². The second-order valence-electron chi connectivity index (χ2n) is 8.31. The summed E-state index contributed by atoms with van der Waals surface area (Å²) in [5.41, 5.74) is 0.548. The Morgan fingerprint density at radius 1 is 1.29 bits per heavy atom. The zero-order valence-electron chi connectivity index (χ0n) is 15.0. The Balaban J connectivity index is 1.73. The highest BCUT2D eigenvalue weighted by Gasteiger charge is 2.45. The minimum atomic E-state index is -0.483. The Morgan fingerprint density at radius 3 is 2.67 bits per heavy atom. The Hall–Kier alpha value is -1.36. The third kappa shape index (κ3) is 3.66. The molecule has 1 saturated carbocycles. The quantitative estimate of drug-likeness (QED) is 0.909. The number of nitrogens with zero attached hydrogens (tertiary/aromatic N) is 1. The van der Waals surface area contributed by atoms with Gasteiger partial charge < -0.3 is 10.2 Å². The first-order valence-electron chi connectivity index (χ1n) is 8.95. The summed E-state index contributed by atoms with van der Waals surface area (Å²) in [6.07, 6.45) is 5.06. The molecule has 2 heterocycles. The molecule has 4 nitrogen and oxygen atoms in total. The fraction of sp³-hybridized carbons (Fsp3) is 0.684. The lowest BCUT2D eigenvalue weighted by Gasteiger charge is -2.36. The van der Waals surface area contributed by atoms with Crippen molar-refractivity contribution in [2.45, 2.75) is 71.4 Å². The highest BCUT2D eigenvalue weighted by atomic mass is 32.1. The molecule has 1 N–H and O–H groups in total. The van der Waals surface area contributed by atoms with Gasteiger partial charge in [0.1, 0.15) is 0 Å². The molecule has 5 heteroatoms. The van der Waals surface area contributed by atoms with Crippen molar-refractivity contribution in [2.75, 3.05) is 6.54 Å². The van der Waals surface area contributed by atoms with E-state index >= 15 is 0 Å². The second-order valence-corrected chi connectivity index (χ2v) is 9.31. The topological polar surface area (TPSA) is 49.4 Å². The highest BCUT2D eigenvalue weighted by molar-refractivity contribution is 7.10. The third-order valence-electron chi connectivity index (χ3n) is 5.12. The van der Waals surface area contributed by atoms with E-state index in [1.807, 2.05) is 25.7 Å². The first kappa shape index (κ1) is 17.5. The van der Waals surface area contributed by atoms with Crippen molar-refractivity contribution in [2.24, 2.45) is 5.41 Å². The molecule has 24 heavy (non-hydrogen) atoms. The molecular weight excluding hydrogens is 320 g/mol. The SMILES string of the molecule is CC(C)(C)NC(=O)CC1(C(=O)N2CCc3sccc3C2)CCCC1. The first-order valence-corrected chi connectivity index (χ1v) is 9.83. The molecule has 1 fully saturated rings. The van der Waals surface area contributed by atoms with Crippen molar-refractivity contribution in [3.63, 3.8) is 0 Å². The number of carbonyl (C=O) groups is 2. The highest BCUT2D eigenvalue weighted by Crippen LogP contribution is 2.43. The first-order chi connectivity index (χ1) is 11.3. The fourth-order valence-electron chi connectivity index (χ4n) is 4.05. The van der Waals surface area contributed by atoms with E-state index in [1.54, 1.807) is 11.3 Å². The Labute approximate surface area is 148 Å². The molecule has 1 aromatic heterocycles. The van der Waals surface area contributed by atoms with E-state index in [0.29, 0.717) is 13.0 Å². The van der Waals surface area contributed by atoms with Crippen molar-refractivity contribution in [1.29, 1.82) is 0 Å². The maximum Gasteiger partial charge on any atom is 0.229 e. The number of hydrogen-bond donors (Lipinski definition) is 1. The number of carbonyl (C=O) groups excluding carboxylic acids is 2. The largest absolute Gasteiger partial charge is 0.351 e. The number of rotatable bonds is 3. The number of amides is 2. The van der Waals surface area contributed by atoms with Gasteiger partial charge in [0.15, 0.2) is 0 Å². The predicted octanol–water partition coefficient (Wildman–Crippen LogP) is 3.50. The molecule has 0 atom stereocenters. The van der Waals surface area contributed by atoms with Gasteiger partial charge in [-0.25, -0.2) is 0 Å². The molecule has 1 aromatic rings. The van der Waals surface area contributed by atoms with Gasteiger partial charge >= 0.3 is 0 Å². The van der Waals surface area contributed by atoms with Crippen molar-refractivity contribution in [1.82, 2.24) is 10.2 Å². The minimum absolute atomic E-state index is 0.00554. The van der Waals surface area contributed by atoms with Crippen LogP contribution < -0.4 is 5.32 Å². The van der Waals surface area contributed by atoms with E-state index in [2.05, 4.69) is 16.8 Å². The maximum absolute atomic E-state index is 13.3. The summed E-state index contributed by atoms with van der Waals surface area (Å²) < 4.78 is 0. The summed E-state index contributed by atoms with van der Waals surface area (Å²) in [6, 6.07) is 2.13. The molecule has 0 radical (unpaired) electrons. The van der Waals surface area contributed by atoms with Crippen LogP contribution in [0.5, 0.6) is 0 Å². The van der Waals surface area contributed by atoms with E-state index in [1.165, 1.54) is 10.4 Å².